The first kappa shape index (κ1) is 10.5. The van der Waals surface area contributed by atoms with Crippen LogP contribution in [0.1, 0.15) is 13.8 Å². The van der Waals surface area contributed by atoms with Crippen molar-refractivity contribution in [3.63, 3.8) is 0 Å². The maximum Gasteiger partial charge on any atom is 0.189 e. The van der Waals surface area contributed by atoms with Gasteiger partial charge in [0.2, 0.25) is 0 Å². The van der Waals surface area contributed by atoms with E-state index in [1.807, 2.05) is 0 Å². The van der Waals surface area contributed by atoms with Crippen LogP contribution in [0.15, 0.2) is 0 Å². The average molecular weight is 181 g/mol. The lowest BCUT2D eigenvalue weighted by Crippen LogP contribution is -2.34. The summed E-state index contributed by atoms with van der Waals surface area (Å²) in [4.78, 5) is 0. The molecule has 0 saturated heterocycles. The molecule has 0 aromatic rings. The Morgan fingerprint density at radius 3 is 2.20 bits per heavy atom. The van der Waals surface area contributed by atoms with E-state index in [4.69, 9.17) is 16.0 Å². The SMILES string of the molecule is CC(C)[Si](C)(C)OCCCl. The molecular formula is C7H17ClOSi. The molecule has 0 aliphatic rings. The Morgan fingerprint density at radius 2 is 1.90 bits per heavy atom. The molecule has 1 nitrogen and oxygen atoms in total. The molecule has 0 heterocycles. The van der Waals surface area contributed by atoms with Crippen LogP contribution in [0.5, 0.6) is 0 Å². The van der Waals surface area contributed by atoms with E-state index >= 15 is 0 Å². The van der Waals surface area contributed by atoms with Gasteiger partial charge in [0.1, 0.15) is 0 Å². The second-order valence-corrected chi connectivity index (χ2v) is 8.32. The van der Waals surface area contributed by atoms with Crippen molar-refractivity contribution in [2.24, 2.45) is 0 Å². The molecule has 0 saturated carbocycles. The number of alkyl halides is 1. The Labute approximate surface area is 69.9 Å². The highest BCUT2D eigenvalue weighted by atomic mass is 35.5. The van der Waals surface area contributed by atoms with Gasteiger partial charge in [-0.05, 0) is 18.6 Å². The molecule has 0 bridgehead atoms. The molecule has 62 valence electrons. The smallest absolute Gasteiger partial charge is 0.189 e. The van der Waals surface area contributed by atoms with Crippen LogP contribution in [0.25, 0.3) is 0 Å². The number of hydrogen-bond acceptors (Lipinski definition) is 1. The van der Waals surface area contributed by atoms with Crippen molar-refractivity contribution in [2.45, 2.75) is 32.5 Å². The highest BCUT2D eigenvalue weighted by molar-refractivity contribution is 6.72. The molecular weight excluding hydrogens is 164 g/mol. The standard InChI is InChI=1S/C7H17ClOSi/c1-7(2)10(3,4)9-6-5-8/h7H,5-6H2,1-4H3. The predicted octanol–water partition coefficient (Wildman–Crippen LogP) is 2.86. The fraction of sp³-hybridized carbons (Fsp3) is 1.00. The largest absolute Gasteiger partial charge is 0.416 e. The zero-order chi connectivity index (χ0) is 8.20. The lowest BCUT2D eigenvalue weighted by molar-refractivity contribution is 0.325. The summed E-state index contributed by atoms with van der Waals surface area (Å²) in [5.74, 6) is 0.614. The maximum absolute atomic E-state index is 5.65. The highest BCUT2D eigenvalue weighted by Gasteiger charge is 2.26. The second-order valence-electron chi connectivity index (χ2n) is 3.30. The second kappa shape index (κ2) is 4.37. The fourth-order valence-corrected chi connectivity index (χ4v) is 1.64. The van der Waals surface area contributed by atoms with Crippen molar-refractivity contribution in [1.29, 1.82) is 0 Å². The Kier molecular flexibility index (Phi) is 4.57. The van der Waals surface area contributed by atoms with Crippen LogP contribution in [-0.4, -0.2) is 20.8 Å². The highest BCUT2D eigenvalue weighted by Crippen LogP contribution is 2.20. The van der Waals surface area contributed by atoms with Crippen LogP contribution < -0.4 is 0 Å². The molecule has 0 unspecified atom stereocenters. The summed E-state index contributed by atoms with van der Waals surface area (Å²) in [6.45, 7) is 9.58. The summed E-state index contributed by atoms with van der Waals surface area (Å²) in [5.41, 5.74) is 0.677. The molecule has 0 fully saturated rings. The van der Waals surface area contributed by atoms with E-state index in [-0.39, 0.29) is 0 Å². The van der Waals surface area contributed by atoms with Gasteiger partial charge in [0.25, 0.3) is 0 Å². The minimum atomic E-state index is -1.39. The summed E-state index contributed by atoms with van der Waals surface area (Å²) < 4.78 is 5.65. The van der Waals surface area contributed by atoms with E-state index in [2.05, 4.69) is 26.9 Å². The first-order chi connectivity index (χ1) is 4.50. The van der Waals surface area contributed by atoms with Gasteiger partial charge in [-0.3, -0.25) is 0 Å². The molecule has 10 heavy (non-hydrogen) atoms. The molecule has 0 aliphatic heterocycles. The molecule has 0 amide bonds. The van der Waals surface area contributed by atoms with E-state index in [9.17, 15) is 0 Å². The normalized spacial score (nSPS) is 12.6. The molecule has 0 aromatic carbocycles. The fourth-order valence-electron chi connectivity index (χ4n) is 0.468. The molecule has 3 heteroatoms. The predicted molar refractivity (Wildman–Crippen MR) is 49.3 cm³/mol. The van der Waals surface area contributed by atoms with Crippen LogP contribution in [0, 0.1) is 0 Å². The minimum absolute atomic E-state index is 0.614. The van der Waals surface area contributed by atoms with Crippen LogP contribution in [0.3, 0.4) is 0 Å². The van der Waals surface area contributed by atoms with Crippen molar-refractivity contribution in [1.82, 2.24) is 0 Å². The van der Waals surface area contributed by atoms with E-state index in [1.165, 1.54) is 0 Å². The number of halogens is 1. The molecule has 0 atom stereocenters. The third-order valence-electron chi connectivity index (χ3n) is 1.94. The van der Waals surface area contributed by atoms with Crippen LogP contribution in [-0.2, 0) is 4.43 Å². The summed E-state index contributed by atoms with van der Waals surface area (Å²) in [7, 11) is -1.39. The Bertz CT molecular complexity index is 93.6. The topological polar surface area (TPSA) is 9.23 Å². The summed E-state index contributed by atoms with van der Waals surface area (Å²) >= 11 is 5.51. The summed E-state index contributed by atoms with van der Waals surface area (Å²) in [5, 5.41) is 0. The Balaban J connectivity index is 3.63. The van der Waals surface area contributed by atoms with E-state index < -0.39 is 8.32 Å². The molecule has 0 aromatic heterocycles. The molecule has 0 radical (unpaired) electrons. The van der Waals surface area contributed by atoms with E-state index in [0.29, 0.717) is 18.0 Å². The molecule has 0 N–H and O–H groups in total. The molecule has 0 aliphatic carbocycles. The van der Waals surface area contributed by atoms with E-state index in [0.717, 1.165) is 0 Å². The minimum Gasteiger partial charge on any atom is -0.416 e. The van der Waals surface area contributed by atoms with Crippen LogP contribution >= 0.6 is 11.6 Å². The van der Waals surface area contributed by atoms with Crippen molar-refractivity contribution in [3.05, 3.63) is 0 Å². The monoisotopic (exact) mass is 180 g/mol. The number of rotatable bonds is 4. The van der Waals surface area contributed by atoms with Gasteiger partial charge in [0.05, 0.1) is 0 Å². The maximum atomic E-state index is 5.65. The zero-order valence-electron chi connectivity index (χ0n) is 7.28. The third-order valence-corrected chi connectivity index (χ3v) is 5.82. The van der Waals surface area contributed by atoms with Gasteiger partial charge in [-0.1, -0.05) is 13.8 Å². The number of hydrogen-bond donors (Lipinski definition) is 0. The van der Waals surface area contributed by atoms with Gasteiger partial charge < -0.3 is 4.43 Å². The van der Waals surface area contributed by atoms with Gasteiger partial charge in [0, 0.05) is 12.5 Å². The quantitative estimate of drug-likeness (QED) is 0.478. The van der Waals surface area contributed by atoms with Crippen LogP contribution in [0.4, 0.5) is 0 Å². The molecule has 0 spiro atoms. The lowest BCUT2D eigenvalue weighted by atomic mass is 10.6. The first-order valence-electron chi connectivity index (χ1n) is 3.70. The van der Waals surface area contributed by atoms with Crippen molar-refractivity contribution in [2.75, 3.05) is 12.5 Å². The first-order valence-corrected chi connectivity index (χ1v) is 7.22. The van der Waals surface area contributed by atoms with Gasteiger partial charge >= 0.3 is 0 Å². The van der Waals surface area contributed by atoms with Crippen LogP contribution in [0.2, 0.25) is 18.6 Å². The van der Waals surface area contributed by atoms with E-state index in [1.54, 1.807) is 0 Å². The molecule has 0 rings (SSSR count). The van der Waals surface area contributed by atoms with Gasteiger partial charge in [-0.2, -0.15) is 0 Å². The van der Waals surface area contributed by atoms with Gasteiger partial charge in [-0.15, -0.1) is 11.6 Å². The zero-order valence-corrected chi connectivity index (χ0v) is 9.03. The summed E-state index contributed by atoms with van der Waals surface area (Å²) in [6, 6.07) is 0. The Morgan fingerprint density at radius 1 is 1.40 bits per heavy atom. The Hall–Kier alpha value is 0.467. The lowest BCUT2D eigenvalue weighted by Gasteiger charge is -2.26. The van der Waals surface area contributed by atoms with Crippen molar-refractivity contribution < 1.29 is 4.43 Å². The van der Waals surface area contributed by atoms with Gasteiger partial charge in [0.15, 0.2) is 8.32 Å². The summed E-state index contributed by atoms with van der Waals surface area (Å²) in [6.07, 6.45) is 0. The average Bonchev–Trinajstić information content (AvgIpc) is 1.84. The van der Waals surface area contributed by atoms with Gasteiger partial charge in [-0.25, -0.2) is 0 Å². The van der Waals surface area contributed by atoms with Crippen molar-refractivity contribution >= 4 is 19.9 Å². The van der Waals surface area contributed by atoms with Crippen molar-refractivity contribution in [3.8, 4) is 0 Å². The third kappa shape index (κ3) is 3.59.